The second-order valence-electron chi connectivity index (χ2n) is 6.23. The van der Waals surface area contributed by atoms with E-state index in [2.05, 4.69) is 24.1 Å². The summed E-state index contributed by atoms with van der Waals surface area (Å²) >= 11 is 0. The van der Waals surface area contributed by atoms with E-state index in [-0.39, 0.29) is 5.92 Å². The summed E-state index contributed by atoms with van der Waals surface area (Å²) in [5.74, 6) is 1.40. The Morgan fingerprint density at radius 1 is 1.33 bits per heavy atom. The van der Waals surface area contributed by atoms with Crippen LogP contribution in [0.15, 0.2) is 0 Å². The molecule has 104 valence electrons. The molecule has 1 saturated heterocycles. The monoisotopic (exact) mass is 252 g/mol. The summed E-state index contributed by atoms with van der Waals surface area (Å²) in [7, 11) is 0. The number of nitrogens with zero attached hydrogens (tertiary/aromatic N) is 1. The average Bonchev–Trinajstić information content (AvgIpc) is 2.39. The minimum Gasteiger partial charge on any atom is -0.337 e. The molecular weight excluding hydrogens is 224 g/mol. The van der Waals surface area contributed by atoms with Gasteiger partial charge in [-0.15, -0.1) is 0 Å². The van der Waals surface area contributed by atoms with E-state index >= 15 is 0 Å². The Labute approximate surface area is 111 Å². The van der Waals surface area contributed by atoms with Gasteiger partial charge in [0.15, 0.2) is 0 Å². The smallest absolute Gasteiger partial charge is 0.225 e. The van der Waals surface area contributed by atoms with Gasteiger partial charge in [-0.1, -0.05) is 39.0 Å². The van der Waals surface area contributed by atoms with Crippen LogP contribution in [-0.2, 0) is 4.79 Å². The molecule has 1 N–H and O–H groups in total. The van der Waals surface area contributed by atoms with E-state index in [4.69, 9.17) is 0 Å². The van der Waals surface area contributed by atoms with Gasteiger partial charge in [-0.3, -0.25) is 4.79 Å². The molecule has 18 heavy (non-hydrogen) atoms. The Bertz CT molecular complexity index is 274. The third-order valence-electron chi connectivity index (χ3n) is 4.62. The lowest BCUT2D eigenvalue weighted by atomic mass is 9.83. The molecule has 1 amide bonds. The van der Waals surface area contributed by atoms with Gasteiger partial charge < -0.3 is 10.2 Å². The number of hydrogen-bond donors (Lipinski definition) is 1. The second-order valence-corrected chi connectivity index (χ2v) is 6.23. The first kappa shape index (κ1) is 13.9. The minimum atomic E-state index is 0.216. The van der Waals surface area contributed by atoms with Crippen LogP contribution in [0, 0.1) is 11.8 Å². The maximum atomic E-state index is 12.5. The van der Waals surface area contributed by atoms with Crippen LogP contribution in [0.3, 0.4) is 0 Å². The predicted molar refractivity (Wildman–Crippen MR) is 74.4 cm³/mol. The van der Waals surface area contributed by atoms with E-state index in [1.165, 1.54) is 32.1 Å². The second kappa shape index (κ2) is 6.55. The van der Waals surface area contributed by atoms with E-state index in [1.54, 1.807) is 0 Å². The molecule has 3 heteroatoms. The van der Waals surface area contributed by atoms with Crippen LogP contribution in [0.1, 0.15) is 52.4 Å². The molecule has 2 atom stereocenters. The normalized spacial score (nSPS) is 28.1. The number of piperazine rings is 1. The van der Waals surface area contributed by atoms with Gasteiger partial charge >= 0.3 is 0 Å². The molecule has 1 unspecified atom stereocenters. The third-order valence-corrected chi connectivity index (χ3v) is 4.62. The van der Waals surface area contributed by atoms with E-state index < -0.39 is 0 Å². The molecular formula is C15H28N2O. The highest BCUT2D eigenvalue weighted by molar-refractivity contribution is 5.79. The van der Waals surface area contributed by atoms with Crippen molar-refractivity contribution in [2.24, 2.45) is 11.8 Å². The molecule has 2 rings (SSSR count). The van der Waals surface area contributed by atoms with E-state index in [9.17, 15) is 4.79 Å². The number of hydrogen-bond acceptors (Lipinski definition) is 2. The molecule has 1 aliphatic heterocycles. The highest BCUT2D eigenvalue weighted by Crippen LogP contribution is 2.29. The predicted octanol–water partition coefficient (Wildman–Crippen LogP) is 2.41. The van der Waals surface area contributed by atoms with Gasteiger partial charge in [-0.05, 0) is 19.3 Å². The van der Waals surface area contributed by atoms with Crippen LogP contribution in [0.5, 0.6) is 0 Å². The lowest BCUT2D eigenvalue weighted by Crippen LogP contribution is -2.53. The Kier molecular flexibility index (Phi) is 5.04. The molecule has 0 bridgehead atoms. The lowest BCUT2D eigenvalue weighted by Gasteiger charge is -2.36. The maximum Gasteiger partial charge on any atom is 0.225 e. The van der Waals surface area contributed by atoms with Crippen LogP contribution < -0.4 is 5.32 Å². The van der Waals surface area contributed by atoms with E-state index in [0.717, 1.165) is 32.0 Å². The molecule has 1 heterocycles. The quantitative estimate of drug-likeness (QED) is 0.836. The van der Waals surface area contributed by atoms with E-state index in [0.29, 0.717) is 11.9 Å². The largest absolute Gasteiger partial charge is 0.337 e. The SMILES string of the molecule is CC(CC1CCCCC1)C(=O)N1CCNC[C@H]1C. The lowest BCUT2D eigenvalue weighted by molar-refractivity contribution is -0.138. The van der Waals surface area contributed by atoms with Gasteiger partial charge in [-0.2, -0.15) is 0 Å². The number of carbonyl (C=O) groups excluding carboxylic acids is 1. The molecule has 0 aromatic carbocycles. The maximum absolute atomic E-state index is 12.5. The minimum absolute atomic E-state index is 0.216. The zero-order valence-electron chi connectivity index (χ0n) is 12.0. The Hall–Kier alpha value is -0.570. The highest BCUT2D eigenvalue weighted by atomic mass is 16.2. The first-order valence-electron chi connectivity index (χ1n) is 7.69. The van der Waals surface area contributed by atoms with Crippen LogP contribution in [0.2, 0.25) is 0 Å². The standard InChI is InChI=1S/C15H28N2O/c1-12(10-14-6-4-3-5-7-14)15(18)17-9-8-16-11-13(17)2/h12-14,16H,3-11H2,1-2H3/t12?,13-/m1/s1. The number of rotatable bonds is 3. The molecule has 2 aliphatic rings. The fourth-order valence-corrected chi connectivity index (χ4v) is 3.48. The van der Waals surface area contributed by atoms with Gasteiger partial charge in [0.25, 0.3) is 0 Å². The van der Waals surface area contributed by atoms with Gasteiger partial charge in [0.2, 0.25) is 5.91 Å². The van der Waals surface area contributed by atoms with Gasteiger partial charge in [0.05, 0.1) is 0 Å². The highest BCUT2D eigenvalue weighted by Gasteiger charge is 2.28. The van der Waals surface area contributed by atoms with Crippen LogP contribution in [0.25, 0.3) is 0 Å². The number of amides is 1. The van der Waals surface area contributed by atoms with Crippen molar-refractivity contribution in [2.45, 2.75) is 58.4 Å². The van der Waals surface area contributed by atoms with Gasteiger partial charge in [0, 0.05) is 31.6 Å². The van der Waals surface area contributed by atoms with Crippen LogP contribution in [-0.4, -0.2) is 36.5 Å². The summed E-state index contributed by atoms with van der Waals surface area (Å²) in [6.45, 7) is 7.06. The van der Waals surface area contributed by atoms with Crippen LogP contribution >= 0.6 is 0 Å². The zero-order valence-corrected chi connectivity index (χ0v) is 12.0. The summed E-state index contributed by atoms with van der Waals surface area (Å²) in [5, 5.41) is 3.35. The molecule has 0 aromatic heterocycles. The molecule has 3 nitrogen and oxygen atoms in total. The van der Waals surface area contributed by atoms with Crippen LogP contribution in [0.4, 0.5) is 0 Å². The molecule has 0 radical (unpaired) electrons. The molecule has 1 saturated carbocycles. The topological polar surface area (TPSA) is 32.3 Å². The van der Waals surface area contributed by atoms with Crippen molar-refractivity contribution in [3.8, 4) is 0 Å². The Morgan fingerprint density at radius 2 is 2.06 bits per heavy atom. The summed E-state index contributed by atoms with van der Waals surface area (Å²) in [5.41, 5.74) is 0. The number of carbonyl (C=O) groups is 1. The van der Waals surface area contributed by atoms with Crippen molar-refractivity contribution in [2.75, 3.05) is 19.6 Å². The van der Waals surface area contributed by atoms with Crippen molar-refractivity contribution in [1.29, 1.82) is 0 Å². The summed E-state index contributed by atoms with van der Waals surface area (Å²) in [6, 6.07) is 0.361. The zero-order chi connectivity index (χ0) is 13.0. The first-order valence-corrected chi connectivity index (χ1v) is 7.69. The van der Waals surface area contributed by atoms with Crippen molar-refractivity contribution < 1.29 is 4.79 Å². The van der Waals surface area contributed by atoms with Gasteiger partial charge in [-0.25, -0.2) is 0 Å². The molecule has 2 fully saturated rings. The van der Waals surface area contributed by atoms with Crippen molar-refractivity contribution in [3.63, 3.8) is 0 Å². The van der Waals surface area contributed by atoms with Gasteiger partial charge in [0.1, 0.15) is 0 Å². The number of nitrogens with one attached hydrogen (secondary N) is 1. The molecule has 0 spiro atoms. The third kappa shape index (κ3) is 3.47. The fourth-order valence-electron chi connectivity index (χ4n) is 3.48. The van der Waals surface area contributed by atoms with Crippen molar-refractivity contribution in [3.05, 3.63) is 0 Å². The van der Waals surface area contributed by atoms with Crippen molar-refractivity contribution in [1.82, 2.24) is 10.2 Å². The Balaban J connectivity index is 1.83. The fraction of sp³-hybridized carbons (Fsp3) is 0.933. The Morgan fingerprint density at radius 3 is 2.72 bits per heavy atom. The summed E-state index contributed by atoms with van der Waals surface area (Å²) in [4.78, 5) is 14.6. The molecule has 1 aliphatic carbocycles. The van der Waals surface area contributed by atoms with Crippen molar-refractivity contribution >= 4 is 5.91 Å². The summed E-state index contributed by atoms with van der Waals surface area (Å²) < 4.78 is 0. The first-order chi connectivity index (χ1) is 8.68. The average molecular weight is 252 g/mol. The summed E-state index contributed by atoms with van der Waals surface area (Å²) in [6.07, 6.45) is 7.93. The van der Waals surface area contributed by atoms with E-state index in [1.807, 2.05) is 0 Å². The molecule has 0 aromatic rings.